The molecule has 0 aromatic heterocycles. The summed E-state index contributed by atoms with van der Waals surface area (Å²) in [6.07, 6.45) is -0.338. The number of carbonyl (C=O) groups is 2. The van der Waals surface area contributed by atoms with Gasteiger partial charge in [-0.3, -0.25) is 4.79 Å². The Hall–Kier alpha value is -2.54. The molecule has 0 bridgehead atoms. The highest BCUT2D eigenvalue weighted by atomic mass is 79.9. The highest BCUT2D eigenvalue weighted by molar-refractivity contribution is 9.10. The van der Waals surface area contributed by atoms with E-state index >= 15 is 0 Å². The Morgan fingerprint density at radius 2 is 1.80 bits per heavy atom. The van der Waals surface area contributed by atoms with Gasteiger partial charge in [-0.05, 0) is 51.8 Å². The Morgan fingerprint density at radius 3 is 2.32 bits per heavy atom. The third kappa shape index (κ3) is 4.96. The van der Waals surface area contributed by atoms with Crippen molar-refractivity contribution in [2.75, 3.05) is 14.2 Å². The lowest BCUT2D eigenvalue weighted by atomic mass is 10.0. The average molecular weight is 407 g/mol. The second-order valence-corrected chi connectivity index (χ2v) is 6.08. The summed E-state index contributed by atoms with van der Waals surface area (Å²) in [4.78, 5) is 23.5. The van der Waals surface area contributed by atoms with Crippen molar-refractivity contribution in [3.63, 3.8) is 0 Å². The first-order valence-electron chi connectivity index (χ1n) is 7.42. The molecule has 2 aromatic rings. The lowest BCUT2D eigenvalue weighted by Gasteiger charge is -2.20. The lowest BCUT2D eigenvalue weighted by molar-refractivity contribution is -0.306. The molecule has 0 spiro atoms. The van der Waals surface area contributed by atoms with Crippen LogP contribution >= 0.6 is 15.9 Å². The fourth-order valence-electron chi connectivity index (χ4n) is 2.30. The van der Waals surface area contributed by atoms with Gasteiger partial charge in [0.15, 0.2) is 0 Å². The molecule has 0 aliphatic carbocycles. The van der Waals surface area contributed by atoms with E-state index in [4.69, 9.17) is 9.47 Å². The summed E-state index contributed by atoms with van der Waals surface area (Å²) in [5, 5.41) is 13.8. The third-order valence-corrected chi connectivity index (χ3v) is 4.23. The number of amides is 1. The van der Waals surface area contributed by atoms with Crippen molar-refractivity contribution in [3.8, 4) is 11.5 Å². The predicted octanol–water partition coefficient (Wildman–Crippen LogP) is 2.08. The van der Waals surface area contributed by atoms with Gasteiger partial charge in [-0.25, -0.2) is 0 Å². The van der Waals surface area contributed by atoms with E-state index in [-0.39, 0.29) is 6.42 Å². The molecule has 0 saturated heterocycles. The van der Waals surface area contributed by atoms with Crippen LogP contribution in [-0.4, -0.2) is 26.1 Å². The van der Waals surface area contributed by atoms with Crippen LogP contribution in [0.5, 0.6) is 11.5 Å². The minimum Gasteiger partial charge on any atom is -0.550 e. The van der Waals surface area contributed by atoms with Gasteiger partial charge in [0.05, 0.1) is 24.7 Å². The quantitative estimate of drug-likeness (QED) is 0.760. The number of aliphatic carboxylic acids is 1. The average Bonchev–Trinajstić information content (AvgIpc) is 2.60. The highest BCUT2D eigenvalue weighted by Gasteiger charge is 2.17. The number of carbonyl (C=O) groups excluding carboxylic acids is 2. The molecular weight excluding hydrogens is 390 g/mol. The summed E-state index contributed by atoms with van der Waals surface area (Å²) in [7, 11) is 3.07. The standard InChI is InChI=1S/C18H18BrNO5/c1-24-13-6-3-11(4-7-13)15(10-17(21)22)20-18(23)12-5-8-16(25-2)14(19)9-12/h3-9,15H,10H2,1-2H3,(H,20,23)(H,21,22)/p-1/t15-/m1/s1. The van der Waals surface area contributed by atoms with E-state index in [1.807, 2.05) is 0 Å². The summed E-state index contributed by atoms with van der Waals surface area (Å²) >= 11 is 3.32. The second-order valence-electron chi connectivity index (χ2n) is 5.22. The van der Waals surface area contributed by atoms with E-state index in [9.17, 15) is 14.7 Å². The minimum atomic E-state index is -1.25. The summed E-state index contributed by atoms with van der Waals surface area (Å²) in [6.45, 7) is 0. The van der Waals surface area contributed by atoms with Crippen LogP contribution in [0.15, 0.2) is 46.9 Å². The Morgan fingerprint density at radius 1 is 1.12 bits per heavy atom. The topological polar surface area (TPSA) is 87.7 Å². The van der Waals surface area contributed by atoms with Crippen LogP contribution < -0.4 is 19.9 Å². The molecule has 0 heterocycles. The molecule has 1 N–H and O–H groups in total. The number of carboxylic acid groups (broad SMARTS) is 1. The van der Waals surface area contributed by atoms with E-state index in [1.165, 1.54) is 14.2 Å². The van der Waals surface area contributed by atoms with Crippen LogP contribution in [0.25, 0.3) is 0 Å². The fraction of sp³-hybridized carbons (Fsp3) is 0.222. The zero-order chi connectivity index (χ0) is 18.4. The van der Waals surface area contributed by atoms with Crippen LogP contribution in [0.2, 0.25) is 0 Å². The number of benzene rings is 2. The maximum atomic E-state index is 12.5. The van der Waals surface area contributed by atoms with Gasteiger partial charge in [0.2, 0.25) is 0 Å². The number of ether oxygens (including phenoxy) is 2. The van der Waals surface area contributed by atoms with E-state index in [1.54, 1.807) is 42.5 Å². The summed E-state index contributed by atoms with van der Waals surface area (Å²) < 4.78 is 10.8. The van der Waals surface area contributed by atoms with E-state index in [0.717, 1.165) is 0 Å². The molecule has 1 amide bonds. The maximum absolute atomic E-state index is 12.5. The van der Waals surface area contributed by atoms with Crippen LogP contribution in [0.1, 0.15) is 28.4 Å². The Balaban J connectivity index is 2.21. The molecule has 6 nitrogen and oxygen atoms in total. The zero-order valence-corrected chi connectivity index (χ0v) is 15.3. The number of hydrogen-bond donors (Lipinski definition) is 1. The molecule has 0 aliphatic heterocycles. The van der Waals surface area contributed by atoms with Crippen molar-refractivity contribution in [3.05, 3.63) is 58.1 Å². The van der Waals surface area contributed by atoms with Gasteiger partial charge in [0, 0.05) is 18.0 Å². The number of halogens is 1. The van der Waals surface area contributed by atoms with E-state index in [2.05, 4.69) is 21.2 Å². The number of rotatable bonds is 7. The zero-order valence-electron chi connectivity index (χ0n) is 13.7. The molecular formula is C18H17BrNO5-. The first-order valence-corrected chi connectivity index (χ1v) is 8.22. The number of nitrogens with one attached hydrogen (secondary N) is 1. The van der Waals surface area contributed by atoms with Crippen molar-refractivity contribution in [2.24, 2.45) is 0 Å². The largest absolute Gasteiger partial charge is 0.550 e. The highest BCUT2D eigenvalue weighted by Crippen LogP contribution is 2.26. The monoisotopic (exact) mass is 406 g/mol. The van der Waals surface area contributed by atoms with Gasteiger partial charge in [-0.2, -0.15) is 0 Å². The van der Waals surface area contributed by atoms with Crippen molar-refractivity contribution in [1.29, 1.82) is 0 Å². The van der Waals surface area contributed by atoms with Gasteiger partial charge in [0.1, 0.15) is 11.5 Å². The Kier molecular flexibility index (Phi) is 6.41. The normalized spacial score (nSPS) is 11.5. The van der Waals surface area contributed by atoms with Crippen molar-refractivity contribution >= 4 is 27.8 Å². The Labute approximate surface area is 153 Å². The van der Waals surface area contributed by atoms with Gasteiger partial charge >= 0.3 is 0 Å². The third-order valence-electron chi connectivity index (χ3n) is 3.61. The van der Waals surface area contributed by atoms with Crippen LogP contribution in [0, 0.1) is 0 Å². The first-order chi connectivity index (χ1) is 11.9. The van der Waals surface area contributed by atoms with Crippen LogP contribution in [0.4, 0.5) is 0 Å². The SMILES string of the molecule is COc1ccc([C@@H](CC(=O)[O-])NC(=O)c2ccc(OC)c(Br)c2)cc1. The number of carboxylic acids is 1. The molecule has 0 saturated carbocycles. The summed E-state index contributed by atoms with van der Waals surface area (Å²) in [6, 6.07) is 11.0. The Bertz CT molecular complexity index is 761. The number of methoxy groups -OCH3 is 2. The predicted molar refractivity (Wildman–Crippen MR) is 93.5 cm³/mol. The smallest absolute Gasteiger partial charge is 0.251 e. The molecule has 2 aromatic carbocycles. The first kappa shape index (κ1) is 18.8. The summed E-state index contributed by atoms with van der Waals surface area (Å²) in [5.41, 5.74) is 1.02. The van der Waals surface area contributed by atoms with Gasteiger partial charge < -0.3 is 24.7 Å². The second kappa shape index (κ2) is 8.53. The molecule has 2 rings (SSSR count). The van der Waals surface area contributed by atoms with Crippen LogP contribution in [-0.2, 0) is 4.79 Å². The molecule has 0 radical (unpaired) electrons. The number of hydrogen-bond acceptors (Lipinski definition) is 5. The molecule has 0 aliphatic rings. The van der Waals surface area contributed by atoms with Crippen molar-refractivity contribution in [2.45, 2.75) is 12.5 Å². The molecule has 0 fully saturated rings. The van der Waals surface area contributed by atoms with E-state index < -0.39 is 17.9 Å². The molecule has 1 atom stereocenters. The fourth-order valence-corrected chi connectivity index (χ4v) is 2.84. The van der Waals surface area contributed by atoms with Gasteiger partial charge in [0.25, 0.3) is 5.91 Å². The molecule has 25 heavy (non-hydrogen) atoms. The molecule has 0 unspecified atom stereocenters. The van der Waals surface area contributed by atoms with Crippen LogP contribution in [0.3, 0.4) is 0 Å². The maximum Gasteiger partial charge on any atom is 0.251 e. The van der Waals surface area contributed by atoms with Crippen molar-refractivity contribution < 1.29 is 24.2 Å². The minimum absolute atomic E-state index is 0.338. The lowest BCUT2D eigenvalue weighted by Crippen LogP contribution is -2.34. The molecule has 132 valence electrons. The summed E-state index contributed by atoms with van der Waals surface area (Å²) in [5.74, 6) is -0.415. The molecule has 7 heteroatoms. The van der Waals surface area contributed by atoms with E-state index in [0.29, 0.717) is 27.1 Å². The van der Waals surface area contributed by atoms with Crippen molar-refractivity contribution in [1.82, 2.24) is 5.32 Å². The van der Waals surface area contributed by atoms with Gasteiger partial charge in [-0.15, -0.1) is 0 Å². The van der Waals surface area contributed by atoms with Gasteiger partial charge in [-0.1, -0.05) is 12.1 Å².